The van der Waals surface area contributed by atoms with Gasteiger partial charge in [-0.3, -0.25) is 9.69 Å². The highest BCUT2D eigenvalue weighted by Gasteiger charge is 2.56. The summed E-state index contributed by atoms with van der Waals surface area (Å²) in [6, 6.07) is -0.890. The maximum atomic E-state index is 12.7. The minimum Gasteiger partial charge on any atom is -0.467 e. The van der Waals surface area contributed by atoms with Crippen molar-refractivity contribution in [2.75, 3.05) is 7.11 Å². The number of carbonyl (C=O) groups excluding carboxylic acids is 3. The number of amides is 1. The number of likely N-dealkylation sites (tertiary alicyclic amines) is 1. The number of carbonyl (C=O) groups is 3. The molecule has 1 rings (SSSR count). The average molecular weight is 341 g/mol. The average Bonchev–Trinajstić information content (AvgIpc) is 2.69. The van der Waals surface area contributed by atoms with Crippen LogP contribution in [-0.4, -0.2) is 47.9 Å². The standard InChI is InChI=1S/C17H27NO6/c1-8-9-17(6)10-12(13(20)22-7)18(14(17)23-11(2)19)15(21)24-16(3,4)5/h8,12,14H,1,9-10H2,2-7H3/t12-,14?,17+/m0/s1. The Hall–Kier alpha value is -2.05. The lowest BCUT2D eigenvalue weighted by Crippen LogP contribution is -2.50. The van der Waals surface area contributed by atoms with Crippen molar-refractivity contribution < 1.29 is 28.6 Å². The molecule has 1 amide bonds. The molecule has 7 heteroatoms. The van der Waals surface area contributed by atoms with Gasteiger partial charge in [0.25, 0.3) is 0 Å². The zero-order valence-corrected chi connectivity index (χ0v) is 15.3. The molecule has 1 saturated heterocycles. The van der Waals surface area contributed by atoms with Crippen molar-refractivity contribution in [2.24, 2.45) is 5.41 Å². The third-order valence-corrected chi connectivity index (χ3v) is 3.81. The van der Waals surface area contributed by atoms with Gasteiger partial charge in [0.2, 0.25) is 0 Å². The summed E-state index contributed by atoms with van der Waals surface area (Å²) in [5.74, 6) is -1.12. The van der Waals surface area contributed by atoms with Gasteiger partial charge in [-0.15, -0.1) is 6.58 Å². The van der Waals surface area contributed by atoms with Crippen molar-refractivity contribution >= 4 is 18.0 Å². The molecule has 0 radical (unpaired) electrons. The Morgan fingerprint density at radius 1 is 1.33 bits per heavy atom. The summed E-state index contributed by atoms with van der Waals surface area (Å²) in [6.45, 7) is 12.0. The van der Waals surface area contributed by atoms with E-state index in [-0.39, 0.29) is 6.42 Å². The first-order valence-electron chi connectivity index (χ1n) is 7.82. The van der Waals surface area contributed by atoms with E-state index in [1.807, 2.05) is 6.92 Å². The molecule has 1 unspecified atom stereocenters. The van der Waals surface area contributed by atoms with Gasteiger partial charge < -0.3 is 14.2 Å². The lowest BCUT2D eigenvalue weighted by Gasteiger charge is -2.35. The second-order valence-corrected chi connectivity index (χ2v) is 7.24. The van der Waals surface area contributed by atoms with Crippen molar-refractivity contribution in [3.8, 4) is 0 Å². The van der Waals surface area contributed by atoms with Gasteiger partial charge in [-0.2, -0.15) is 0 Å². The summed E-state index contributed by atoms with van der Waals surface area (Å²) in [6.07, 6.45) is 0.744. The summed E-state index contributed by atoms with van der Waals surface area (Å²) in [5.41, 5.74) is -1.42. The highest BCUT2D eigenvalue weighted by Crippen LogP contribution is 2.45. The number of rotatable bonds is 4. The molecule has 3 atom stereocenters. The Kier molecular flexibility index (Phi) is 6.03. The molecule has 0 bridgehead atoms. The minimum absolute atomic E-state index is 0.281. The van der Waals surface area contributed by atoms with Gasteiger partial charge in [-0.25, -0.2) is 9.59 Å². The number of hydrogen-bond acceptors (Lipinski definition) is 6. The molecular formula is C17H27NO6. The monoisotopic (exact) mass is 341 g/mol. The smallest absolute Gasteiger partial charge is 0.413 e. The van der Waals surface area contributed by atoms with Crippen LogP contribution in [-0.2, 0) is 23.8 Å². The molecule has 0 aromatic heterocycles. The van der Waals surface area contributed by atoms with Crippen molar-refractivity contribution in [1.29, 1.82) is 0 Å². The number of allylic oxidation sites excluding steroid dienone is 1. The third kappa shape index (κ3) is 4.49. The molecule has 0 saturated carbocycles. The van der Waals surface area contributed by atoms with Crippen LogP contribution in [0, 0.1) is 5.41 Å². The van der Waals surface area contributed by atoms with Gasteiger partial charge >= 0.3 is 18.0 Å². The van der Waals surface area contributed by atoms with Crippen LogP contribution in [0.3, 0.4) is 0 Å². The van der Waals surface area contributed by atoms with E-state index in [1.165, 1.54) is 18.9 Å². The molecular weight excluding hydrogens is 314 g/mol. The molecule has 0 spiro atoms. The molecule has 0 aliphatic carbocycles. The van der Waals surface area contributed by atoms with E-state index in [0.29, 0.717) is 6.42 Å². The molecule has 1 fully saturated rings. The molecule has 0 aromatic rings. The largest absolute Gasteiger partial charge is 0.467 e. The Bertz CT molecular complexity index is 524. The molecule has 1 aliphatic heterocycles. The number of hydrogen-bond donors (Lipinski definition) is 0. The predicted molar refractivity (Wildman–Crippen MR) is 87.0 cm³/mol. The van der Waals surface area contributed by atoms with E-state index >= 15 is 0 Å². The van der Waals surface area contributed by atoms with Crippen LogP contribution in [0.2, 0.25) is 0 Å². The molecule has 136 valence electrons. The van der Waals surface area contributed by atoms with E-state index in [9.17, 15) is 14.4 Å². The van der Waals surface area contributed by atoms with Crippen molar-refractivity contribution in [1.82, 2.24) is 4.90 Å². The fourth-order valence-corrected chi connectivity index (χ4v) is 2.88. The highest BCUT2D eigenvalue weighted by molar-refractivity contribution is 5.83. The topological polar surface area (TPSA) is 82.1 Å². The molecule has 1 aliphatic rings. The van der Waals surface area contributed by atoms with E-state index in [0.717, 1.165) is 0 Å². The van der Waals surface area contributed by atoms with E-state index in [1.54, 1.807) is 26.8 Å². The van der Waals surface area contributed by atoms with Crippen LogP contribution in [0.25, 0.3) is 0 Å². The first kappa shape index (κ1) is 20.0. The van der Waals surface area contributed by atoms with Crippen molar-refractivity contribution in [3.63, 3.8) is 0 Å². The zero-order chi connectivity index (χ0) is 18.7. The first-order valence-corrected chi connectivity index (χ1v) is 7.82. The molecule has 24 heavy (non-hydrogen) atoms. The van der Waals surface area contributed by atoms with Gasteiger partial charge in [-0.1, -0.05) is 13.0 Å². The molecule has 0 aromatic carbocycles. The molecule has 1 heterocycles. The SMILES string of the molecule is C=CC[C@]1(C)C[C@@H](C(=O)OC)N(C(=O)OC(C)(C)C)C1OC(C)=O. The Balaban J connectivity index is 3.30. The second-order valence-electron chi connectivity index (χ2n) is 7.24. The van der Waals surface area contributed by atoms with E-state index < -0.39 is 41.3 Å². The number of ether oxygens (including phenoxy) is 3. The van der Waals surface area contributed by atoms with Gasteiger partial charge in [-0.05, 0) is 33.6 Å². The lowest BCUT2D eigenvalue weighted by atomic mass is 9.83. The maximum absolute atomic E-state index is 12.7. The predicted octanol–water partition coefficient (Wildman–Crippen LogP) is 2.64. The fraction of sp³-hybridized carbons (Fsp3) is 0.706. The van der Waals surface area contributed by atoms with Gasteiger partial charge in [0.1, 0.15) is 11.6 Å². The number of nitrogens with zero attached hydrogens (tertiary/aromatic N) is 1. The van der Waals surface area contributed by atoms with Crippen LogP contribution in [0.15, 0.2) is 12.7 Å². The quantitative estimate of drug-likeness (QED) is 0.444. The summed E-state index contributed by atoms with van der Waals surface area (Å²) >= 11 is 0. The van der Waals surface area contributed by atoms with Gasteiger partial charge in [0, 0.05) is 12.3 Å². The summed E-state index contributed by atoms with van der Waals surface area (Å²) in [7, 11) is 1.25. The van der Waals surface area contributed by atoms with Gasteiger partial charge in [0.15, 0.2) is 6.23 Å². The normalized spacial score (nSPS) is 26.7. The van der Waals surface area contributed by atoms with Crippen LogP contribution < -0.4 is 0 Å². The van der Waals surface area contributed by atoms with Crippen LogP contribution in [0.4, 0.5) is 4.79 Å². The number of esters is 2. The van der Waals surface area contributed by atoms with E-state index in [4.69, 9.17) is 14.2 Å². The number of methoxy groups -OCH3 is 1. The first-order chi connectivity index (χ1) is 10.9. The Morgan fingerprint density at radius 2 is 1.92 bits per heavy atom. The lowest BCUT2D eigenvalue weighted by molar-refractivity contribution is -0.165. The summed E-state index contributed by atoms with van der Waals surface area (Å²) in [5, 5.41) is 0. The highest BCUT2D eigenvalue weighted by atomic mass is 16.6. The Morgan fingerprint density at radius 3 is 2.33 bits per heavy atom. The molecule has 7 nitrogen and oxygen atoms in total. The van der Waals surface area contributed by atoms with Gasteiger partial charge in [0.05, 0.1) is 7.11 Å². The van der Waals surface area contributed by atoms with Crippen LogP contribution in [0.1, 0.15) is 47.5 Å². The van der Waals surface area contributed by atoms with Crippen molar-refractivity contribution in [3.05, 3.63) is 12.7 Å². The molecule has 0 N–H and O–H groups in total. The minimum atomic E-state index is -0.938. The fourth-order valence-electron chi connectivity index (χ4n) is 2.88. The van der Waals surface area contributed by atoms with E-state index in [2.05, 4.69) is 6.58 Å². The van der Waals surface area contributed by atoms with Crippen LogP contribution >= 0.6 is 0 Å². The Labute approximate surface area is 142 Å². The van der Waals surface area contributed by atoms with Crippen LogP contribution in [0.5, 0.6) is 0 Å². The zero-order valence-electron chi connectivity index (χ0n) is 15.3. The maximum Gasteiger partial charge on any atom is 0.413 e. The van der Waals surface area contributed by atoms with Crippen molar-refractivity contribution in [2.45, 2.75) is 65.3 Å². The third-order valence-electron chi connectivity index (χ3n) is 3.81. The summed E-state index contributed by atoms with van der Waals surface area (Å²) < 4.78 is 15.6. The second kappa shape index (κ2) is 7.23. The summed E-state index contributed by atoms with van der Waals surface area (Å²) in [4.78, 5) is 37.6.